The number of hydrogen-bond donors (Lipinski definition) is 1. The molecule has 2 aromatic rings. The van der Waals surface area contributed by atoms with Gasteiger partial charge in [0, 0.05) is 27.2 Å². The first-order chi connectivity index (χ1) is 10.0. The van der Waals surface area contributed by atoms with Crippen molar-refractivity contribution in [1.29, 1.82) is 0 Å². The number of nitrogens with one attached hydrogen (secondary N) is 1. The van der Waals surface area contributed by atoms with E-state index in [1.54, 1.807) is 17.8 Å². The maximum absolute atomic E-state index is 12.2. The van der Waals surface area contributed by atoms with Gasteiger partial charge in [-0.05, 0) is 46.5 Å². The zero-order chi connectivity index (χ0) is 15.4. The molecule has 0 aliphatic rings. The number of carbonyl (C=O) groups is 1. The minimum Gasteiger partial charge on any atom is -0.322 e. The number of amides is 1. The van der Waals surface area contributed by atoms with Crippen LogP contribution in [0.4, 0.5) is 11.4 Å². The second kappa shape index (κ2) is 6.73. The second-order valence-corrected chi connectivity index (χ2v) is 5.84. The highest BCUT2D eigenvalue weighted by Crippen LogP contribution is 2.24. The number of carbonyl (C=O) groups excluding carboxylic acids is 1. The quantitative estimate of drug-likeness (QED) is 0.496. The normalized spacial score (nSPS) is 10.2. The predicted octanol–water partition coefficient (Wildman–Crippen LogP) is 4.33. The molecular formula is C14H11BrN2O3S. The lowest BCUT2D eigenvalue weighted by Crippen LogP contribution is -2.13. The standard InChI is InChI=1S/C14H11BrN2O3S/c1-21-11-4-2-3-9(7-11)16-14(18)12-8-10(17(19)20)5-6-13(12)15/h2-8H,1H3,(H,16,18). The summed E-state index contributed by atoms with van der Waals surface area (Å²) in [6, 6.07) is 11.5. The van der Waals surface area contributed by atoms with Crippen LogP contribution in [0.1, 0.15) is 10.4 Å². The van der Waals surface area contributed by atoms with Crippen molar-refractivity contribution in [3.63, 3.8) is 0 Å². The summed E-state index contributed by atoms with van der Waals surface area (Å²) in [5.41, 5.74) is 0.741. The minimum absolute atomic E-state index is 0.124. The van der Waals surface area contributed by atoms with Gasteiger partial charge in [-0.15, -0.1) is 11.8 Å². The molecule has 0 unspecified atom stereocenters. The van der Waals surface area contributed by atoms with Gasteiger partial charge in [0.1, 0.15) is 0 Å². The first kappa shape index (κ1) is 15.5. The Morgan fingerprint density at radius 1 is 1.29 bits per heavy atom. The molecule has 1 amide bonds. The van der Waals surface area contributed by atoms with Gasteiger partial charge in [-0.2, -0.15) is 0 Å². The maximum Gasteiger partial charge on any atom is 0.270 e. The van der Waals surface area contributed by atoms with E-state index in [0.29, 0.717) is 10.2 Å². The molecule has 0 spiro atoms. The van der Waals surface area contributed by atoms with Gasteiger partial charge >= 0.3 is 0 Å². The van der Waals surface area contributed by atoms with Crippen molar-refractivity contribution >= 4 is 45.0 Å². The van der Waals surface area contributed by atoms with Gasteiger partial charge in [-0.3, -0.25) is 14.9 Å². The smallest absolute Gasteiger partial charge is 0.270 e. The lowest BCUT2D eigenvalue weighted by Gasteiger charge is -2.08. The van der Waals surface area contributed by atoms with Gasteiger partial charge in [0.05, 0.1) is 10.5 Å². The molecule has 1 N–H and O–H groups in total. The summed E-state index contributed by atoms with van der Waals surface area (Å²) in [6.07, 6.45) is 1.94. The Morgan fingerprint density at radius 3 is 2.71 bits per heavy atom. The molecule has 0 aromatic heterocycles. The lowest BCUT2D eigenvalue weighted by molar-refractivity contribution is -0.384. The molecule has 0 saturated carbocycles. The number of anilines is 1. The van der Waals surface area contributed by atoms with Gasteiger partial charge in [-0.25, -0.2) is 0 Å². The van der Waals surface area contributed by atoms with E-state index in [1.165, 1.54) is 18.2 Å². The van der Waals surface area contributed by atoms with Crippen LogP contribution in [-0.2, 0) is 0 Å². The molecule has 0 atom stereocenters. The zero-order valence-corrected chi connectivity index (χ0v) is 13.4. The number of halogens is 1. The number of nitro benzene ring substituents is 1. The summed E-state index contributed by atoms with van der Waals surface area (Å²) in [6.45, 7) is 0. The maximum atomic E-state index is 12.2. The summed E-state index contributed by atoms with van der Waals surface area (Å²) in [5, 5.41) is 13.5. The van der Waals surface area contributed by atoms with Crippen LogP contribution >= 0.6 is 27.7 Å². The Kier molecular flexibility index (Phi) is 4.98. The molecule has 108 valence electrons. The Morgan fingerprint density at radius 2 is 2.05 bits per heavy atom. The highest BCUT2D eigenvalue weighted by atomic mass is 79.9. The van der Waals surface area contributed by atoms with E-state index in [2.05, 4.69) is 21.2 Å². The van der Waals surface area contributed by atoms with E-state index in [0.717, 1.165) is 4.90 Å². The van der Waals surface area contributed by atoms with E-state index >= 15 is 0 Å². The van der Waals surface area contributed by atoms with E-state index in [4.69, 9.17) is 0 Å². The first-order valence-electron chi connectivity index (χ1n) is 5.90. The fourth-order valence-corrected chi connectivity index (χ4v) is 2.59. The molecule has 0 radical (unpaired) electrons. The largest absolute Gasteiger partial charge is 0.322 e. The summed E-state index contributed by atoms with van der Waals surface area (Å²) >= 11 is 4.80. The number of thioether (sulfide) groups is 1. The number of nitrogens with zero attached hydrogens (tertiary/aromatic N) is 1. The van der Waals surface area contributed by atoms with Crippen LogP contribution in [0.5, 0.6) is 0 Å². The number of rotatable bonds is 4. The second-order valence-electron chi connectivity index (χ2n) is 4.11. The van der Waals surface area contributed by atoms with Crippen molar-refractivity contribution in [3.05, 3.63) is 62.6 Å². The summed E-state index contributed by atoms with van der Waals surface area (Å²) in [5.74, 6) is -0.399. The third-order valence-corrected chi connectivity index (χ3v) is 4.15. The van der Waals surface area contributed by atoms with E-state index in [9.17, 15) is 14.9 Å². The molecule has 0 aliphatic heterocycles. The van der Waals surface area contributed by atoms with Crippen LogP contribution in [0.2, 0.25) is 0 Å². The first-order valence-corrected chi connectivity index (χ1v) is 7.92. The van der Waals surface area contributed by atoms with Crippen LogP contribution in [0.3, 0.4) is 0 Å². The van der Waals surface area contributed by atoms with Crippen molar-refractivity contribution < 1.29 is 9.72 Å². The average molecular weight is 367 g/mol. The highest BCUT2D eigenvalue weighted by molar-refractivity contribution is 9.10. The molecule has 0 bridgehead atoms. The Hall–Kier alpha value is -1.86. The Balaban J connectivity index is 2.27. The molecule has 0 heterocycles. The van der Waals surface area contributed by atoms with Crippen molar-refractivity contribution in [2.45, 2.75) is 4.90 Å². The van der Waals surface area contributed by atoms with Crippen LogP contribution < -0.4 is 5.32 Å². The van der Waals surface area contributed by atoms with Crippen LogP contribution in [0, 0.1) is 10.1 Å². The molecule has 0 fully saturated rings. The molecular weight excluding hydrogens is 356 g/mol. The van der Waals surface area contributed by atoms with Gasteiger partial charge in [-0.1, -0.05) is 6.07 Å². The van der Waals surface area contributed by atoms with Crippen LogP contribution in [0.15, 0.2) is 51.8 Å². The minimum atomic E-state index is -0.530. The van der Waals surface area contributed by atoms with E-state index in [1.807, 2.05) is 24.5 Å². The lowest BCUT2D eigenvalue weighted by atomic mass is 10.2. The third-order valence-electron chi connectivity index (χ3n) is 2.73. The van der Waals surface area contributed by atoms with Crippen molar-refractivity contribution in [2.75, 3.05) is 11.6 Å². The summed E-state index contributed by atoms with van der Waals surface area (Å²) < 4.78 is 0.506. The SMILES string of the molecule is CSc1cccc(NC(=O)c2cc([N+](=O)[O-])ccc2Br)c1. The van der Waals surface area contributed by atoms with Crippen molar-refractivity contribution in [2.24, 2.45) is 0 Å². The molecule has 5 nitrogen and oxygen atoms in total. The Bertz CT molecular complexity index is 706. The van der Waals surface area contributed by atoms with Gasteiger partial charge in [0.2, 0.25) is 0 Å². The molecule has 0 aliphatic carbocycles. The third kappa shape index (κ3) is 3.83. The highest BCUT2D eigenvalue weighted by Gasteiger charge is 2.15. The molecule has 0 saturated heterocycles. The predicted molar refractivity (Wildman–Crippen MR) is 87.0 cm³/mol. The van der Waals surface area contributed by atoms with E-state index < -0.39 is 10.8 Å². The van der Waals surface area contributed by atoms with Crippen molar-refractivity contribution in [3.8, 4) is 0 Å². The molecule has 21 heavy (non-hydrogen) atoms. The van der Waals surface area contributed by atoms with Crippen molar-refractivity contribution in [1.82, 2.24) is 0 Å². The van der Waals surface area contributed by atoms with Crippen LogP contribution in [-0.4, -0.2) is 17.1 Å². The zero-order valence-electron chi connectivity index (χ0n) is 11.0. The number of hydrogen-bond acceptors (Lipinski definition) is 4. The van der Waals surface area contributed by atoms with E-state index in [-0.39, 0.29) is 11.3 Å². The molecule has 7 heteroatoms. The number of non-ortho nitro benzene ring substituents is 1. The van der Waals surface area contributed by atoms with Gasteiger partial charge in [0.25, 0.3) is 11.6 Å². The number of benzene rings is 2. The summed E-state index contributed by atoms with van der Waals surface area (Å²) in [7, 11) is 0. The van der Waals surface area contributed by atoms with Gasteiger partial charge in [0.15, 0.2) is 0 Å². The Labute approximate surface area is 134 Å². The fraction of sp³-hybridized carbons (Fsp3) is 0.0714. The summed E-state index contributed by atoms with van der Waals surface area (Å²) in [4.78, 5) is 23.5. The fourth-order valence-electron chi connectivity index (χ4n) is 1.70. The van der Waals surface area contributed by atoms with Crippen LogP contribution in [0.25, 0.3) is 0 Å². The topological polar surface area (TPSA) is 72.2 Å². The molecule has 2 aromatic carbocycles. The monoisotopic (exact) mass is 366 g/mol. The van der Waals surface area contributed by atoms with Gasteiger partial charge < -0.3 is 5.32 Å². The molecule has 2 rings (SSSR count). The average Bonchev–Trinajstić information content (AvgIpc) is 2.47. The number of nitro groups is 1.